The summed E-state index contributed by atoms with van der Waals surface area (Å²) in [6, 6.07) is 2.34. The summed E-state index contributed by atoms with van der Waals surface area (Å²) in [4.78, 5) is 30.1. The number of fused-ring (bicyclic) bond motifs is 1. The van der Waals surface area contributed by atoms with Crippen molar-refractivity contribution in [1.29, 1.82) is 0 Å². The van der Waals surface area contributed by atoms with Gasteiger partial charge in [0.15, 0.2) is 17.3 Å². The zero-order valence-corrected chi connectivity index (χ0v) is 16.1. The van der Waals surface area contributed by atoms with Crippen molar-refractivity contribution in [3.63, 3.8) is 0 Å². The average Bonchev–Trinajstić information content (AvgIpc) is 2.72. The summed E-state index contributed by atoms with van der Waals surface area (Å²) < 4.78 is 44.1. The highest BCUT2D eigenvalue weighted by atomic mass is 19.1. The van der Waals surface area contributed by atoms with Crippen molar-refractivity contribution < 1.29 is 23.1 Å². The van der Waals surface area contributed by atoms with E-state index in [1.54, 1.807) is 4.90 Å². The molecule has 0 atom stereocenters. The molecule has 0 radical (unpaired) electrons. The van der Waals surface area contributed by atoms with E-state index < -0.39 is 40.1 Å². The Morgan fingerprint density at radius 2 is 1.77 bits per heavy atom. The van der Waals surface area contributed by atoms with Crippen LogP contribution in [-0.2, 0) is 0 Å². The minimum atomic E-state index is -1.59. The predicted molar refractivity (Wildman–Crippen MR) is 108 cm³/mol. The first-order valence-electron chi connectivity index (χ1n) is 9.42. The molecule has 0 bridgehead atoms. The summed E-state index contributed by atoms with van der Waals surface area (Å²) in [6.07, 6.45) is 2.07. The lowest BCUT2D eigenvalue weighted by Gasteiger charge is -2.31. The van der Waals surface area contributed by atoms with Gasteiger partial charge in [-0.25, -0.2) is 22.9 Å². The van der Waals surface area contributed by atoms with Crippen LogP contribution in [0.15, 0.2) is 29.2 Å². The molecule has 5 N–H and O–H groups in total. The molecule has 3 heterocycles. The van der Waals surface area contributed by atoms with E-state index in [-0.39, 0.29) is 28.6 Å². The Labute approximate surface area is 173 Å². The van der Waals surface area contributed by atoms with E-state index in [0.717, 1.165) is 22.9 Å². The fourth-order valence-electron chi connectivity index (χ4n) is 3.62. The van der Waals surface area contributed by atoms with Crippen LogP contribution in [0.25, 0.3) is 16.7 Å². The van der Waals surface area contributed by atoms with Gasteiger partial charge in [0.2, 0.25) is 5.43 Å². The highest BCUT2D eigenvalue weighted by Crippen LogP contribution is 2.27. The van der Waals surface area contributed by atoms with E-state index in [1.165, 1.54) is 0 Å². The van der Waals surface area contributed by atoms with Gasteiger partial charge in [0.25, 0.3) is 0 Å². The van der Waals surface area contributed by atoms with Crippen LogP contribution in [-0.4, -0.2) is 39.8 Å². The van der Waals surface area contributed by atoms with Gasteiger partial charge in [-0.15, -0.1) is 0 Å². The molecule has 1 aliphatic heterocycles. The van der Waals surface area contributed by atoms with Gasteiger partial charge in [-0.1, -0.05) is 0 Å². The van der Waals surface area contributed by atoms with Crippen molar-refractivity contribution in [1.82, 2.24) is 9.55 Å². The first-order valence-corrected chi connectivity index (χ1v) is 9.42. The SMILES string of the molecule is Nc1cc(-n2cc(C(=O)O)c(=O)c3cc(F)c(N4CCC(N)CC4)nc32)c(F)cc1F. The Bertz CT molecular complexity index is 1270. The molecule has 1 saturated heterocycles. The van der Waals surface area contributed by atoms with Crippen LogP contribution < -0.4 is 21.8 Å². The third kappa shape index (κ3) is 3.56. The van der Waals surface area contributed by atoms with Gasteiger partial charge in [0, 0.05) is 31.4 Å². The van der Waals surface area contributed by atoms with E-state index in [4.69, 9.17) is 11.5 Å². The van der Waals surface area contributed by atoms with Crippen molar-refractivity contribution >= 4 is 28.5 Å². The Hall–Kier alpha value is -3.60. The largest absolute Gasteiger partial charge is 0.477 e. The topological polar surface area (TPSA) is 127 Å². The van der Waals surface area contributed by atoms with Crippen LogP contribution in [0, 0.1) is 17.5 Å². The quantitative estimate of drug-likeness (QED) is 0.539. The number of piperidine rings is 1. The fraction of sp³-hybridized carbons (Fsp3) is 0.250. The van der Waals surface area contributed by atoms with Crippen LogP contribution in [0.4, 0.5) is 24.7 Å². The lowest BCUT2D eigenvalue weighted by atomic mass is 10.1. The van der Waals surface area contributed by atoms with Gasteiger partial charge in [-0.3, -0.25) is 9.36 Å². The number of nitrogens with zero attached hydrogens (tertiary/aromatic N) is 3. The summed E-state index contributed by atoms with van der Waals surface area (Å²) in [5.74, 6) is -4.57. The summed E-state index contributed by atoms with van der Waals surface area (Å²) in [7, 11) is 0. The Morgan fingerprint density at radius 1 is 1.10 bits per heavy atom. The number of carboxylic acid groups (broad SMARTS) is 1. The second-order valence-corrected chi connectivity index (χ2v) is 7.36. The second kappa shape index (κ2) is 7.58. The number of nitrogen functional groups attached to an aromatic ring is 1. The number of rotatable bonds is 3. The van der Waals surface area contributed by atoms with Crippen molar-refractivity contribution in [2.45, 2.75) is 18.9 Å². The normalized spacial score (nSPS) is 14.9. The number of aromatic nitrogens is 2. The third-order valence-corrected chi connectivity index (χ3v) is 5.31. The minimum absolute atomic E-state index is 0.0210. The fourth-order valence-corrected chi connectivity index (χ4v) is 3.62. The van der Waals surface area contributed by atoms with Crippen LogP contribution in [0.5, 0.6) is 0 Å². The van der Waals surface area contributed by atoms with E-state index in [1.807, 2.05) is 0 Å². The molecule has 0 unspecified atom stereocenters. The molecule has 2 aromatic heterocycles. The van der Waals surface area contributed by atoms with Gasteiger partial charge < -0.3 is 21.5 Å². The summed E-state index contributed by atoms with van der Waals surface area (Å²) >= 11 is 0. The van der Waals surface area contributed by atoms with Crippen molar-refractivity contribution in [2.75, 3.05) is 23.7 Å². The molecular weight excluding hydrogens is 415 g/mol. The number of benzene rings is 1. The molecule has 0 saturated carbocycles. The third-order valence-electron chi connectivity index (χ3n) is 5.31. The van der Waals surface area contributed by atoms with Crippen LogP contribution >= 0.6 is 0 Å². The molecule has 8 nitrogen and oxygen atoms in total. The number of pyridine rings is 2. The number of anilines is 2. The molecule has 162 valence electrons. The number of hydrogen-bond acceptors (Lipinski definition) is 6. The average molecular weight is 433 g/mol. The Morgan fingerprint density at radius 3 is 2.42 bits per heavy atom. The molecule has 1 fully saturated rings. The van der Waals surface area contributed by atoms with Crippen molar-refractivity contribution in [3.05, 3.63) is 57.6 Å². The van der Waals surface area contributed by atoms with Gasteiger partial charge >= 0.3 is 5.97 Å². The molecule has 0 spiro atoms. The number of carbonyl (C=O) groups is 1. The lowest BCUT2D eigenvalue weighted by Crippen LogP contribution is -2.40. The molecule has 3 aromatic rings. The number of halogens is 3. The van der Waals surface area contributed by atoms with Gasteiger partial charge in [-0.05, 0) is 25.0 Å². The van der Waals surface area contributed by atoms with Gasteiger partial charge in [0.1, 0.15) is 17.2 Å². The van der Waals surface area contributed by atoms with E-state index >= 15 is 0 Å². The molecular formula is C20H18F3N5O3. The smallest absolute Gasteiger partial charge is 0.341 e. The zero-order chi connectivity index (χ0) is 22.4. The molecule has 1 aromatic carbocycles. The predicted octanol–water partition coefficient (Wildman–Crippen LogP) is 2.01. The highest BCUT2D eigenvalue weighted by molar-refractivity contribution is 5.92. The van der Waals surface area contributed by atoms with Crippen LogP contribution in [0.3, 0.4) is 0 Å². The standard InChI is InChI=1S/C20H18F3N5O3/c21-12-6-13(22)16(7-15(12)25)28-8-11(20(30)31)17(29)10-5-14(23)19(26-18(10)28)27-3-1-9(24)2-4-27/h5-9H,1-4,24-25H2,(H,30,31). The minimum Gasteiger partial charge on any atom is -0.477 e. The van der Waals surface area contributed by atoms with Crippen molar-refractivity contribution in [2.24, 2.45) is 5.73 Å². The first-order chi connectivity index (χ1) is 14.7. The molecule has 1 aliphatic rings. The Kier molecular flexibility index (Phi) is 5.05. The first kappa shape index (κ1) is 20.7. The zero-order valence-electron chi connectivity index (χ0n) is 16.1. The second-order valence-electron chi connectivity index (χ2n) is 7.36. The maximum absolute atomic E-state index is 14.9. The summed E-state index contributed by atoms with van der Waals surface area (Å²) in [6.45, 7) is 0.845. The van der Waals surface area contributed by atoms with E-state index in [9.17, 15) is 27.9 Å². The molecule has 4 rings (SSSR count). The molecule has 0 amide bonds. The van der Waals surface area contributed by atoms with Gasteiger partial charge in [-0.2, -0.15) is 0 Å². The number of hydrogen-bond donors (Lipinski definition) is 3. The van der Waals surface area contributed by atoms with Crippen LogP contribution in [0.1, 0.15) is 23.2 Å². The summed E-state index contributed by atoms with van der Waals surface area (Å²) in [5, 5.41) is 9.03. The maximum atomic E-state index is 14.9. The van der Waals surface area contributed by atoms with E-state index in [0.29, 0.717) is 32.0 Å². The van der Waals surface area contributed by atoms with Crippen LogP contribution in [0.2, 0.25) is 0 Å². The lowest BCUT2D eigenvalue weighted by molar-refractivity contribution is 0.0695. The maximum Gasteiger partial charge on any atom is 0.341 e. The van der Waals surface area contributed by atoms with Crippen molar-refractivity contribution in [3.8, 4) is 5.69 Å². The van der Waals surface area contributed by atoms with E-state index in [2.05, 4.69) is 4.98 Å². The Balaban J connectivity index is 2.03. The van der Waals surface area contributed by atoms with Gasteiger partial charge in [0.05, 0.1) is 16.8 Å². The summed E-state index contributed by atoms with van der Waals surface area (Å²) in [5.41, 5.74) is 8.81. The number of nitrogens with two attached hydrogens (primary N) is 2. The molecule has 0 aliphatic carbocycles. The highest BCUT2D eigenvalue weighted by Gasteiger charge is 2.24. The number of aromatic carboxylic acids is 1. The number of carboxylic acids is 1. The molecule has 31 heavy (non-hydrogen) atoms. The monoisotopic (exact) mass is 433 g/mol. The molecule has 11 heteroatoms.